The third kappa shape index (κ3) is 2.95. The molecule has 0 aromatic carbocycles. The highest BCUT2D eigenvalue weighted by molar-refractivity contribution is 6.01. The predicted molar refractivity (Wildman–Crippen MR) is 116 cm³/mol. The summed E-state index contributed by atoms with van der Waals surface area (Å²) in [6.07, 6.45) is 2.71. The van der Waals surface area contributed by atoms with Crippen LogP contribution in [-0.4, -0.2) is 58.5 Å². The molecule has 7 nitrogen and oxygen atoms in total. The molecule has 3 saturated carbocycles. The van der Waals surface area contributed by atoms with Gasteiger partial charge in [-0.05, 0) is 63.5 Å². The number of carbonyl (C=O) groups excluding carboxylic acids is 3. The smallest absolute Gasteiger partial charge is 0.435 e. The zero-order valence-electron chi connectivity index (χ0n) is 19.6. The van der Waals surface area contributed by atoms with Crippen LogP contribution in [0.15, 0.2) is 23.8 Å². The van der Waals surface area contributed by atoms with Crippen molar-refractivity contribution in [2.24, 2.45) is 28.6 Å². The quantitative estimate of drug-likeness (QED) is 0.615. The number of fused-ring (bicyclic) bond motifs is 5. The Bertz CT molecular complexity index is 943. The van der Waals surface area contributed by atoms with E-state index < -0.39 is 52.7 Å². The molecule has 3 fully saturated rings. The van der Waals surface area contributed by atoms with Gasteiger partial charge in [0.15, 0.2) is 17.1 Å². The zero-order chi connectivity index (χ0) is 24.4. The number of halogens is 1. The molecule has 0 heterocycles. The molecular weight excluding hydrogens is 431 g/mol. The molecular formula is C25H33FO7. The van der Waals surface area contributed by atoms with E-state index in [1.165, 1.54) is 12.2 Å². The molecule has 2 N–H and O–H groups in total. The monoisotopic (exact) mass is 464 g/mol. The molecule has 0 aliphatic heterocycles. The summed E-state index contributed by atoms with van der Waals surface area (Å²) in [6, 6.07) is 0. The molecule has 0 aromatic rings. The van der Waals surface area contributed by atoms with Crippen LogP contribution in [0.25, 0.3) is 0 Å². The lowest BCUT2D eigenvalue weighted by Gasteiger charge is -2.63. The number of Topliss-reactive ketones (excluding diaryl/α,β-unsaturated/α-hetero) is 1. The molecule has 33 heavy (non-hydrogen) atoms. The third-order valence-corrected chi connectivity index (χ3v) is 9.20. The molecule has 8 heteroatoms. The van der Waals surface area contributed by atoms with E-state index >= 15 is 4.39 Å². The van der Waals surface area contributed by atoms with Crippen molar-refractivity contribution >= 4 is 17.7 Å². The van der Waals surface area contributed by atoms with Crippen molar-refractivity contribution in [1.82, 2.24) is 0 Å². The highest BCUT2D eigenvalue weighted by Gasteiger charge is 2.76. The van der Waals surface area contributed by atoms with Crippen molar-refractivity contribution in [2.45, 2.75) is 70.8 Å². The van der Waals surface area contributed by atoms with E-state index in [1.54, 1.807) is 26.8 Å². The van der Waals surface area contributed by atoms with Crippen LogP contribution in [-0.2, 0) is 19.1 Å². The van der Waals surface area contributed by atoms with E-state index in [0.29, 0.717) is 18.4 Å². The number of aliphatic hydroxyl groups is 2. The van der Waals surface area contributed by atoms with Gasteiger partial charge >= 0.3 is 6.16 Å². The van der Waals surface area contributed by atoms with E-state index in [2.05, 4.69) is 0 Å². The predicted octanol–water partition coefficient (Wildman–Crippen LogP) is 3.08. The Morgan fingerprint density at radius 1 is 1.27 bits per heavy atom. The lowest BCUT2D eigenvalue weighted by molar-refractivity contribution is -0.222. The van der Waals surface area contributed by atoms with Gasteiger partial charge in [-0.25, -0.2) is 9.18 Å². The number of hydrogen-bond acceptors (Lipinski definition) is 7. The first-order valence-corrected chi connectivity index (χ1v) is 11.7. The Hall–Kier alpha value is -2.06. The maximum absolute atomic E-state index is 17.2. The molecule has 0 amide bonds. The minimum absolute atomic E-state index is 0.0528. The molecule has 0 bridgehead atoms. The summed E-state index contributed by atoms with van der Waals surface area (Å²) >= 11 is 0. The van der Waals surface area contributed by atoms with Gasteiger partial charge in [-0.2, -0.15) is 0 Å². The van der Waals surface area contributed by atoms with Crippen LogP contribution in [0, 0.1) is 28.6 Å². The van der Waals surface area contributed by atoms with Crippen molar-refractivity contribution in [2.75, 3.05) is 13.2 Å². The fraction of sp³-hybridized carbons (Fsp3) is 0.720. The maximum atomic E-state index is 17.2. The molecule has 4 aliphatic carbocycles. The summed E-state index contributed by atoms with van der Waals surface area (Å²) in [4.78, 5) is 37.4. The van der Waals surface area contributed by atoms with E-state index in [9.17, 15) is 24.6 Å². The molecule has 0 spiro atoms. The summed E-state index contributed by atoms with van der Waals surface area (Å²) in [7, 11) is 0. The molecule has 0 radical (unpaired) electrons. The lowest BCUT2D eigenvalue weighted by atomic mass is 9.43. The standard InChI is InChI=1S/C25H33FO7/c1-5-32-21(31)33-24(20(30)13-27)9-7-16-18-10-14(2)17-11-15(28)6-8-22(17,3)25(18,26)19(29)12-23(16,24)4/h6,8,11,14,16,18-19,27,29H,5,7,9-10,12-13H2,1-4H3/t14-,16-,18-,19?,22-,23-,24-,25-/m0/s1. The number of ketones is 2. The van der Waals surface area contributed by atoms with Gasteiger partial charge in [0.1, 0.15) is 6.61 Å². The van der Waals surface area contributed by atoms with Gasteiger partial charge in [-0.3, -0.25) is 9.59 Å². The van der Waals surface area contributed by atoms with Crippen LogP contribution in [0.5, 0.6) is 0 Å². The molecule has 0 aromatic heterocycles. The van der Waals surface area contributed by atoms with E-state index in [1.807, 2.05) is 6.92 Å². The van der Waals surface area contributed by atoms with Crippen LogP contribution in [0.2, 0.25) is 0 Å². The topological polar surface area (TPSA) is 110 Å². The number of rotatable bonds is 4. The van der Waals surface area contributed by atoms with Crippen molar-refractivity contribution in [1.29, 1.82) is 0 Å². The average molecular weight is 465 g/mol. The van der Waals surface area contributed by atoms with Gasteiger partial charge in [0.25, 0.3) is 0 Å². The van der Waals surface area contributed by atoms with Gasteiger partial charge in [-0.1, -0.05) is 25.5 Å². The van der Waals surface area contributed by atoms with Crippen molar-refractivity contribution in [3.63, 3.8) is 0 Å². The largest absolute Gasteiger partial charge is 0.509 e. The van der Waals surface area contributed by atoms with Crippen LogP contribution in [0.4, 0.5) is 9.18 Å². The summed E-state index contributed by atoms with van der Waals surface area (Å²) in [5.74, 6) is -1.99. The molecule has 0 saturated heterocycles. The summed E-state index contributed by atoms with van der Waals surface area (Å²) in [6.45, 7) is 6.25. The SMILES string of the molecule is CCOC(=O)O[C@]1(C(=O)CO)CC[C@H]2[C@@H]3C[C@H](C)C4=CC(=O)C=C[C@]4(C)[C@@]3(F)C(O)C[C@@]21C. The molecule has 4 rings (SSSR count). The molecule has 1 unspecified atom stereocenters. The van der Waals surface area contributed by atoms with Gasteiger partial charge in [-0.15, -0.1) is 0 Å². The second-order valence-corrected chi connectivity index (χ2v) is 10.5. The number of allylic oxidation sites excluding steroid dienone is 4. The Labute approximate surface area is 193 Å². The third-order valence-electron chi connectivity index (χ3n) is 9.20. The van der Waals surface area contributed by atoms with Crippen LogP contribution in [0.1, 0.15) is 53.4 Å². The maximum Gasteiger partial charge on any atom is 0.509 e. The normalized spacial score (nSPS) is 46.0. The van der Waals surface area contributed by atoms with Crippen LogP contribution >= 0.6 is 0 Å². The first-order chi connectivity index (χ1) is 15.4. The molecule has 182 valence electrons. The average Bonchev–Trinajstić information content (AvgIpc) is 3.04. The minimum atomic E-state index is -2.06. The second kappa shape index (κ2) is 7.73. The highest BCUT2D eigenvalue weighted by atomic mass is 19.1. The second-order valence-electron chi connectivity index (χ2n) is 10.5. The summed E-state index contributed by atoms with van der Waals surface area (Å²) in [5.41, 5.74) is -5.35. The van der Waals surface area contributed by atoms with Gasteiger partial charge in [0.2, 0.25) is 5.78 Å². The Balaban J connectivity index is 1.82. The number of ether oxygens (including phenoxy) is 2. The van der Waals surface area contributed by atoms with Gasteiger partial charge < -0.3 is 19.7 Å². The van der Waals surface area contributed by atoms with Crippen LogP contribution < -0.4 is 0 Å². The number of aliphatic hydroxyl groups excluding tert-OH is 2. The minimum Gasteiger partial charge on any atom is -0.435 e. The van der Waals surface area contributed by atoms with Crippen molar-refractivity contribution in [3.05, 3.63) is 23.8 Å². The van der Waals surface area contributed by atoms with Crippen molar-refractivity contribution in [3.8, 4) is 0 Å². The highest BCUT2D eigenvalue weighted by Crippen LogP contribution is 2.71. The van der Waals surface area contributed by atoms with E-state index in [-0.39, 0.29) is 37.1 Å². The first kappa shape index (κ1) is 24.1. The Morgan fingerprint density at radius 2 is 1.97 bits per heavy atom. The summed E-state index contributed by atoms with van der Waals surface area (Å²) < 4.78 is 27.8. The van der Waals surface area contributed by atoms with E-state index in [0.717, 1.165) is 0 Å². The van der Waals surface area contributed by atoms with Crippen LogP contribution in [0.3, 0.4) is 0 Å². The summed E-state index contributed by atoms with van der Waals surface area (Å²) in [5, 5.41) is 21.1. The fourth-order valence-electron chi connectivity index (χ4n) is 7.69. The van der Waals surface area contributed by atoms with E-state index in [4.69, 9.17) is 9.47 Å². The zero-order valence-corrected chi connectivity index (χ0v) is 19.6. The number of alkyl halides is 1. The van der Waals surface area contributed by atoms with Gasteiger partial charge in [0.05, 0.1) is 12.7 Å². The fourth-order valence-corrected chi connectivity index (χ4v) is 7.69. The van der Waals surface area contributed by atoms with Gasteiger partial charge in [0, 0.05) is 16.7 Å². The molecule has 8 atom stereocenters. The Kier molecular flexibility index (Phi) is 5.64. The first-order valence-electron chi connectivity index (χ1n) is 11.7. The number of carbonyl (C=O) groups is 3. The van der Waals surface area contributed by atoms with Crippen molar-refractivity contribution < 1.29 is 38.5 Å². The lowest BCUT2D eigenvalue weighted by Crippen LogP contribution is -2.70. The molecule has 4 aliphatic rings. The Morgan fingerprint density at radius 3 is 2.61 bits per heavy atom. The number of hydrogen-bond donors (Lipinski definition) is 2.